The number of thiazole rings is 1. The molecule has 66 valence electrons. The van der Waals surface area contributed by atoms with Gasteiger partial charge in [0.15, 0.2) is 14.5 Å². The molecule has 0 amide bonds. The third-order valence-corrected chi connectivity index (χ3v) is 2.29. The smallest absolute Gasteiger partial charge is 0.349 e. The molecule has 1 aromatic heterocycles. The van der Waals surface area contributed by atoms with Crippen LogP contribution in [0.15, 0.2) is 0 Å². The van der Waals surface area contributed by atoms with Crippen LogP contribution in [0, 0.1) is 0 Å². The Balaban J connectivity index is 0.000000561. The van der Waals surface area contributed by atoms with Crippen molar-refractivity contribution in [3.63, 3.8) is 0 Å². The lowest BCUT2D eigenvalue weighted by molar-refractivity contribution is -0.0980. The van der Waals surface area contributed by atoms with E-state index in [0.717, 1.165) is 11.3 Å². The van der Waals surface area contributed by atoms with E-state index in [-0.39, 0.29) is 14.5 Å². The van der Waals surface area contributed by atoms with Crippen molar-refractivity contribution >= 4 is 47.3 Å². The van der Waals surface area contributed by atoms with Gasteiger partial charge in [-0.3, -0.25) is 0 Å². The average Bonchev–Trinajstić information content (AvgIpc) is 2.34. The predicted octanol–water partition coefficient (Wildman–Crippen LogP) is 1.96. The highest BCUT2D eigenvalue weighted by Crippen LogP contribution is 2.25. The molecule has 1 aromatic rings. The van der Waals surface area contributed by atoms with Crippen LogP contribution in [0.4, 0.5) is 0 Å². The number of halogens is 2. The maximum Gasteiger partial charge on any atom is 0.349 e. The van der Waals surface area contributed by atoms with Gasteiger partial charge in [-0.05, 0) is 0 Å². The summed E-state index contributed by atoms with van der Waals surface area (Å²) in [6.45, 7) is 2.00. The summed E-state index contributed by atoms with van der Waals surface area (Å²) in [4.78, 5) is 21.7. The molecule has 0 aliphatic rings. The second kappa shape index (κ2) is 5.08. The minimum absolute atomic E-state index is 0.0216. The van der Waals surface area contributed by atoms with Crippen molar-refractivity contribution in [2.75, 3.05) is 0 Å². The van der Waals surface area contributed by atoms with Gasteiger partial charge in [0.2, 0.25) is 0 Å². The molecule has 0 spiro atoms. The summed E-state index contributed by atoms with van der Waals surface area (Å²) in [5, 5.41) is 8.35. The fraction of sp³-hybridized carbons (Fsp3) is 0. The molecule has 0 aliphatic heterocycles. The fourth-order valence-corrected chi connectivity index (χ4v) is 1.62. The van der Waals surface area contributed by atoms with Crippen molar-refractivity contribution < 1.29 is 14.7 Å². The Morgan fingerprint density at radius 2 is 2.00 bits per heavy atom. The van der Waals surface area contributed by atoms with E-state index in [4.69, 9.17) is 33.1 Å². The van der Waals surface area contributed by atoms with Crippen molar-refractivity contribution in [1.82, 2.24) is 4.98 Å². The summed E-state index contributed by atoms with van der Waals surface area (Å²) < 4.78 is 0.141. The van der Waals surface area contributed by atoms with E-state index in [2.05, 4.69) is 4.98 Å². The molecular formula is C5H3Cl2NO3S. The van der Waals surface area contributed by atoms with Crippen LogP contribution in [0.25, 0.3) is 0 Å². The zero-order valence-corrected chi connectivity index (χ0v) is 7.91. The van der Waals surface area contributed by atoms with Gasteiger partial charge in [0.05, 0.1) is 0 Å². The summed E-state index contributed by atoms with van der Waals surface area (Å²) in [5.41, 5.74) is 0. The summed E-state index contributed by atoms with van der Waals surface area (Å²) in [6.07, 6.45) is 0. The molecule has 0 unspecified atom stereocenters. The van der Waals surface area contributed by atoms with E-state index in [1.165, 1.54) is 0 Å². The number of aromatic nitrogens is 1. The van der Waals surface area contributed by atoms with Gasteiger partial charge in [-0.25, -0.2) is 9.78 Å². The van der Waals surface area contributed by atoms with Gasteiger partial charge in [-0.1, -0.05) is 34.5 Å². The van der Waals surface area contributed by atoms with E-state index in [9.17, 15) is 4.79 Å². The Bertz CT molecular complexity index is 288. The van der Waals surface area contributed by atoms with Gasteiger partial charge in [0, 0.05) is 0 Å². The first-order chi connectivity index (χ1) is 5.61. The van der Waals surface area contributed by atoms with Crippen molar-refractivity contribution in [2.24, 2.45) is 0 Å². The highest BCUT2D eigenvalue weighted by molar-refractivity contribution is 7.18. The molecular weight excluding hydrogens is 225 g/mol. The number of nitrogens with zero attached hydrogens (tertiary/aromatic N) is 1. The highest BCUT2D eigenvalue weighted by Gasteiger charge is 2.13. The lowest BCUT2D eigenvalue weighted by Crippen LogP contribution is -1.91. The van der Waals surface area contributed by atoms with Crippen LogP contribution in [0.3, 0.4) is 0 Å². The minimum Gasteiger partial charge on any atom is -0.477 e. The van der Waals surface area contributed by atoms with Crippen molar-refractivity contribution in [3.8, 4) is 0 Å². The van der Waals surface area contributed by atoms with E-state index in [0.29, 0.717) is 0 Å². The van der Waals surface area contributed by atoms with Crippen LogP contribution in [0.5, 0.6) is 0 Å². The van der Waals surface area contributed by atoms with Crippen molar-refractivity contribution in [1.29, 1.82) is 0 Å². The van der Waals surface area contributed by atoms with Gasteiger partial charge < -0.3 is 9.90 Å². The second-order valence-electron chi connectivity index (χ2n) is 1.39. The number of rotatable bonds is 1. The van der Waals surface area contributed by atoms with Gasteiger partial charge in [0.25, 0.3) is 0 Å². The van der Waals surface area contributed by atoms with Crippen LogP contribution in [0.1, 0.15) is 9.67 Å². The molecule has 0 fully saturated rings. The number of aromatic carboxylic acids is 1. The normalized spacial score (nSPS) is 8.50. The average molecular weight is 228 g/mol. The number of carbonyl (C=O) groups excluding carboxylic acids is 1. The molecule has 1 N–H and O–H groups in total. The Morgan fingerprint density at radius 1 is 1.50 bits per heavy atom. The molecule has 0 atom stereocenters. The van der Waals surface area contributed by atoms with E-state index < -0.39 is 5.97 Å². The SMILES string of the molecule is C=O.O=C(O)c1sc(Cl)nc1Cl. The predicted molar refractivity (Wildman–Crippen MR) is 46.2 cm³/mol. The van der Waals surface area contributed by atoms with E-state index in [1.807, 2.05) is 6.79 Å². The number of hydrogen-bond donors (Lipinski definition) is 1. The molecule has 0 radical (unpaired) electrons. The molecule has 1 heterocycles. The highest BCUT2D eigenvalue weighted by atomic mass is 35.5. The largest absolute Gasteiger partial charge is 0.477 e. The summed E-state index contributed by atoms with van der Waals surface area (Å²) >= 11 is 11.6. The Kier molecular flexibility index (Phi) is 4.80. The first-order valence-electron chi connectivity index (χ1n) is 2.45. The van der Waals surface area contributed by atoms with Crippen molar-refractivity contribution in [2.45, 2.75) is 0 Å². The summed E-state index contributed by atoms with van der Waals surface area (Å²) in [6, 6.07) is 0. The van der Waals surface area contributed by atoms with Gasteiger partial charge >= 0.3 is 5.97 Å². The molecule has 0 saturated carbocycles. The topological polar surface area (TPSA) is 67.3 Å². The molecule has 4 nitrogen and oxygen atoms in total. The Hall–Kier alpha value is -0.650. The third-order valence-electron chi connectivity index (χ3n) is 0.754. The van der Waals surface area contributed by atoms with Crippen LogP contribution >= 0.6 is 34.5 Å². The van der Waals surface area contributed by atoms with E-state index >= 15 is 0 Å². The summed E-state index contributed by atoms with van der Waals surface area (Å²) in [7, 11) is 0. The second-order valence-corrected chi connectivity index (χ2v) is 3.33. The first-order valence-corrected chi connectivity index (χ1v) is 4.02. The number of hydrogen-bond acceptors (Lipinski definition) is 4. The lowest BCUT2D eigenvalue weighted by atomic mass is 10.6. The Labute approximate surface area is 81.8 Å². The van der Waals surface area contributed by atoms with Crippen LogP contribution in [-0.2, 0) is 4.79 Å². The van der Waals surface area contributed by atoms with E-state index in [1.54, 1.807) is 0 Å². The van der Waals surface area contributed by atoms with Gasteiger partial charge in [-0.2, -0.15) is 0 Å². The third kappa shape index (κ3) is 2.77. The monoisotopic (exact) mass is 227 g/mol. The molecule has 0 bridgehead atoms. The lowest BCUT2D eigenvalue weighted by Gasteiger charge is -1.82. The molecule has 0 aromatic carbocycles. The van der Waals surface area contributed by atoms with Crippen molar-refractivity contribution in [3.05, 3.63) is 14.5 Å². The van der Waals surface area contributed by atoms with Crippen LogP contribution in [-0.4, -0.2) is 22.8 Å². The number of carbonyl (C=O) groups is 2. The first kappa shape index (κ1) is 11.4. The van der Waals surface area contributed by atoms with Gasteiger partial charge in [0.1, 0.15) is 6.79 Å². The maximum absolute atomic E-state index is 10.3. The zero-order chi connectivity index (χ0) is 9.72. The minimum atomic E-state index is -1.10. The quantitative estimate of drug-likeness (QED) is 0.797. The summed E-state index contributed by atoms with van der Waals surface area (Å²) in [5.74, 6) is -1.10. The fourth-order valence-electron chi connectivity index (χ4n) is 0.409. The molecule has 12 heavy (non-hydrogen) atoms. The molecule has 1 rings (SSSR count). The standard InChI is InChI=1S/C4HCl2NO2S.CH2O/c5-2-1(3(8)9)10-4(6)7-2;1-2/h(H,8,9);1H2. The maximum atomic E-state index is 10.3. The number of carboxylic acid groups (broad SMARTS) is 1. The van der Waals surface area contributed by atoms with Crippen LogP contribution < -0.4 is 0 Å². The number of carboxylic acids is 1. The zero-order valence-electron chi connectivity index (χ0n) is 5.58. The van der Waals surface area contributed by atoms with Gasteiger partial charge in [-0.15, -0.1) is 0 Å². The molecule has 7 heteroatoms. The molecule has 0 aliphatic carbocycles. The molecule has 0 saturated heterocycles. The van der Waals surface area contributed by atoms with Crippen LogP contribution in [0.2, 0.25) is 9.62 Å². The Morgan fingerprint density at radius 3 is 2.17 bits per heavy atom.